The first-order valence-corrected chi connectivity index (χ1v) is 8.80. The minimum absolute atomic E-state index is 0.254. The SMILES string of the molecule is NC1(c2nc3c(s2)CCC3)CCc2cc(Br)ccc2C1. The fourth-order valence-electron chi connectivity index (χ4n) is 3.37. The van der Waals surface area contributed by atoms with Crippen LogP contribution in [0.3, 0.4) is 0 Å². The minimum atomic E-state index is -0.254. The highest BCUT2D eigenvalue weighted by molar-refractivity contribution is 9.10. The van der Waals surface area contributed by atoms with Crippen molar-refractivity contribution in [3.63, 3.8) is 0 Å². The zero-order valence-electron chi connectivity index (χ0n) is 11.3. The standard InChI is InChI=1S/C16H17BrN2S/c17-12-5-4-11-9-16(18,7-6-10(11)8-12)15-19-13-2-1-3-14(13)20-15/h4-5,8H,1-3,6-7,9,18H2. The summed E-state index contributed by atoms with van der Waals surface area (Å²) in [7, 11) is 0. The van der Waals surface area contributed by atoms with Crippen molar-refractivity contribution in [1.82, 2.24) is 4.98 Å². The number of fused-ring (bicyclic) bond motifs is 2. The Morgan fingerprint density at radius 1 is 1.20 bits per heavy atom. The molecule has 2 aliphatic rings. The predicted octanol–water partition coefficient (Wildman–Crippen LogP) is 3.74. The Morgan fingerprint density at radius 2 is 2.10 bits per heavy atom. The third-order valence-electron chi connectivity index (χ3n) is 4.54. The van der Waals surface area contributed by atoms with Crippen LogP contribution in [0.4, 0.5) is 0 Å². The molecule has 1 heterocycles. The van der Waals surface area contributed by atoms with E-state index in [9.17, 15) is 0 Å². The molecule has 0 aliphatic heterocycles. The average molecular weight is 349 g/mol. The van der Waals surface area contributed by atoms with Crippen LogP contribution < -0.4 is 5.73 Å². The van der Waals surface area contributed by atoms with Gasteiger partial charge in [0.05, 0.1) is 11.2 Å². The Labute approximate surface area is 131 Å². The number of aryl methyl sites for hydroxylation is 3. The molecule has 0 amide bonds. The van der Waals surface area contributed by atoms with Crippen molar-refractivity contribution in [3.8, 4) is 0 Å². The van der Waals surface area contributed by atoms with E-state index < -0.39 is 0 Å². The molecule has 0 saturated carbocycles. The normalized spacial score (nSPS) is 24.5. The van der Waals surface area contributed by atoms with E-state index in [1.165, 1.54) is 34.5 Å². The maximum Gasteiger partial charge on any atom is 0.113 e. The van der Waals surface area contributed by atoms with Gasteiger partial charge >= 0.3 is 0 Å². The fraction of sp³-hybridized carbons (Fsp3) is 0.438. The molecule has 1 aromatic heterocycles. The summed E-state index contributed by atoms with van der Waals surface area (Å²) in [5.74, 6) is 0. The third-order valence-corrected chi connectivity index (χ3v) is 6.41. The summed E-state index contributed by atoms with van der Waals surface area (Å²) in [6, 6.07) is 6.56. The van der Waals surface area contributed by atoms with Crippen molar-refractivity contribution in [2.45, 2.75) is 44.1 Å². The van der Waals surface area contributed by atoms with Crippen LogP contribution in [-0.4, -0.2) is 4.98 Å². The summed E-state index contributed by atoms with van der Waals surface area (Å²) in [5, 5.41) is 1.16. The van der Waals surface area contributed by atoms with Gasteiger partial charge in [0, 0.05) is 9.35 Å². The van der Waals surface area contributed by atoms with E-state index in [2.05, 4.69) is 34.1 Å². The van der Waals surface area contributed by atoms with E-state index in [0.717, 1.165) is 35.2 Å². The molecule has 4 heteroatoms. The van der Waals surface area contributed by atoms with Gasteiger partial charge in [0.15, 0.2) is 0 Å². The zero-order chi connectivity index (χ0) is 13.7. The Balaban J connectivity index is 1.69. The van der Waals surface area contributed by atoms with Crippen LogP contribution in [0.5, 0.6) is 0 Å². The summed E-state index contributed by atoms with van der Waals surface area (Å²) in [5.41, 5.74) is 10.6. The first-order chi connectivity index (χ1) is 9.64. The number of halogens is 1. The van der Waals surface area contributed by atoms with Crippen molar-refractivity contribution in [2.24, 2.45) is 5.73 Å². The van der Waals surface area contributed by atoms with Gasteiger partial charge in [-0.05, 0) is 61.8 Å². The number of hydrogen-bond acceptors (Lipinski definition) is 3. The van der Waals surface area contributed by atoms with Gasteiger partial charge in [-0.15, -0.1) is 11.3 Å². The summed E-state index contributed by atoms with van der Waals surface area (Å²) >= 11 is 5.41. The molecule has 1 unspecified atom stereocenters. The number of thiazole rings is 1. The molecular weight excluding hydrogens is 332 g/mol. The molecule has 0 bridgehead atoms. The van der Waals surface area contributed by atoms with E-state index in [4.69, 9.17) is 10.7 Å². The Kier molecular flexibility index (Phi) is 3.02. The number of hydrogen-bond donors (Lipinski definition) is 1. The molecule has 0 saturated heterocycles. The molecule has 104 valence electrons. The van der Waals surface area contributed by atoms with E-state index >= 15 is 0 Å². The third kappa shape index (κ3) is 2.05. The Hall–Kier alpha value is -0.710. The van der Waals surface area contributed by atoms with Crippen LogP contribution in [0.2, 0.25) is 0 Å². The van der Waals surface area contributed by atoms with Crippen LogP contribution in [0.1, 0.15) is 39.5 Å². The zero-order valence-corrected chi connectivity index (χ0v) is 13.7. The molecule has 20 heavy (non-hydrogen) atoms. The van der Waals surface area contributed by atoms with Crippen LogP contribution in [0.25, 0.3) is 0 Å². The maximum atomic E-state index is 6.73. The number of nitrogens with zero attached hydrogens (tertiary/aromatic N) is 1. The molecule has 0 spiro atoms. The average Bonchev–Trinajstić information content (AvgIpc) is 3.00. The quantitative estimate of drug-likeness (QED) is 0.852. The highest BCUT2D eigenvalue weighted by atomic mass is 79.9. The van der Waals surface area contributed by atoms with Crippen molar-refractivity contribution >= 4 is 27.3 Å². The lowest BCUT2D eigenvalue weighted by atomic mass is 9.79. The molecule has 2 N–H and O–H groups in total. The smallest absolute Gasteiger partial charge is 0.113 e. The van der Waals surface area contributed by atoms with Crippen molar-refractivity contribution in [3.05, 3.63) is 49.4 Å². The second-order valence-corrected chi connectivity index (χ2v) is 7.99. The van der Waals surface area contributed by atoms with Gasteiger partial charge < -0.3 is 5.73 Å². The van der Waals surface area contributed by atoms with Crippen LogP contribution in [0, 0.1) is 0 Å². The number of rotatable bonds is 1. The highest BCUT2D eigenvalue weighted by Gasteiger charge is 2.36. The van der Waals surface area contributed by atoms with Gasteiger partial charge in [0.1, 0.15) is 5.01 Å². The number of nitrogens with two attached hydrogens (primary N) is 1. The second-order valence-electron chi connectivity index (χ2n) is 5.99. The van der Waals surface area contributed by atoms with Gasteiger partial charge in [0.2, 0.25) is 0 Å². The molecular formula is C16H17BrN2S. The molecule has 2 aliphatic carbocycles. The molecule has 1 aromatic carbocycles. The Bertz CT molecular complexity index is 658. The van der Waals surface area contributed by atoms with Gasteiger partial charge in [-0.25, -0.2) is 4.98 Å². The largest absolute Gasteiger partial charge is 0.319 e. The predicted molar refractivity (Wildman–Crippen MR) is 86.2 cm³/mol. The maximum absolute atomic E-state index is 6.73. The van der Waals surface area contributed by atoms with Crippen LogP contribution >= 0.6 is 27.3 Å². The van der Waals surface area contributed by atoms with E-state index in [-0.39, 0.29) is 5.54 Å². The second kappa shape index (κ2) is 4.65. The number of aromatic nitrogens is 1. The molecule has 0 fully saturated rings. The monoisotopic (exact) mass is 348 g/mol. The summed E-state index contributed by atoms with van der Waals surface area (Å²) in [4.78, 5) is 6.34. The lowest BCUT2D eigenvalue weighted by Crippen LogP contribution is -2.42. The van der Waals surface area contributed by atoms with Crippen LogP contribution in [-0.2, 0) is 31.2 Å². The topological polar surface area (TPSA) is 38.9 Å². The molecule has 2 nitrogen and oxygen atoms in total. The Morgan fingerprint density at radius 3 is 2.95 bits per heavy atom. The van der Waals surface area contributed by atoms with Gasteiger partial charge in [-0.1, -0.05) is 22.0 Å². The minimum Gasteiger partial charge on any atom is -0.319 e. The van der Waals surface area contributed by atoms with Crippen molar-refractivity contribution in [2.75, 3.05) is 0 Å². The van der Waals surface area contributed by atoms with Gasteiger partial charge in [-0.2, -0.15) is 0 Å². The van der Waals surface area contributed by atoms with Crippen LogP contribution in [0.15, 0.2) is 22.7 Å². The number of benzene rings is 1. The van der Waals surface area contributed by atoms with Crippen molar-refractivity contribution < 1.29 is 0 Å². The summed E-state index contributed by atoms with van der Waals surface area (Å²) in [6.45, 7) is 0. The molecule has 0 radical (unpaired) electrons. The first-order valence-electron chi connectivity index (χ1n) is 7.19. The summed E-state index contributed by atoms with van der Waals surface area (Å²) < 4.78 is 1.16. The fourth-order valence-corrected chi connectivity index (χ4v) is 5.06. The van der Waals surface area contributed by atoms with E-state index in [0.29, 0.717) is 0 Å². The van der Waals surface area contributed by atoms with Gasteiger partial charge in [-0.3, -0.25) is 0 Å². The molecule has 4 rings (SSSR count). The van der Waals surface area contributed by atoms with E-state index in [1.54, 1.807) is 0 Å². The first kappa shape index (κ1) is 13.0. The van der Waals surface area contributed by atoms with E-state index in [1.807, 2.05) is 11.3 Å². The lowest BCUT2D eigenvalue weighted by molar-refractivity contribution is 0.383. The molecule has 1 atom stereocenters. The van der Waals surface area contributed by atoms with Crippen molar-refractivity contribution in [1.29, 1.82) is 0 Å². The van der Waals surface area contributed by atoms with Gasteiger partial charge in [0.25, 0.3) is 0 Å². The lowest BCUT2D eigenvalue weighted by Gasteiger charge is -2.33. The highest BCUT2D eigenvalue weighted by Crippen LogP contribution is 2.39. The summed E-state index contributed by atoms with van der Waals surface area (Å²) in [6.07, 6.45) is 6.58. The molecule has 2 aromatic rings.